The van der Waals surface area contributed by atoms with Crippen LogP contribution in [-0.2, 0) is 0 Å². The molecule has 0 aliphatic carbocycles. The first-order valence-corrected chi connectivity index (χ1v) is 11.5. The van der Waals surface area contributed by atoms with Crippen LogP contribution in [0.1, 0.15) is 6.92 Å². The highest BCUT2D eigenvalue weighted by atomic mass is 31.2. The number of para-hydroxylation sites is 1. The van der Waals surface area contributed by atoms with Gasteiger partial charge in [-0.25, -0.2) is 4.67 Å². The molecule has 138 valence electrons. The average molecular weight is 382 g/mol. The molecule has 2 heteroatoms. The number of anilines is 1. The van der Waals surface area contributed by atoms with Gasteiger partial charge in [-0.15, -0.1) is 0 Å². The van der Waals surface area contributed by atoms with E-state index in [-0.39, 0.29) is 0 Å². The molecule has 28 heavy (non-hydrogen) atoms. The summed E-state index contributed by atoms with van der Waals surface area (Å²) >= 11 is 0. The Hall–Kier alpha value is -2.89. The highest BCUT2D eigenvalue weighted by molar-refractivity contribution is 7.96. The van der Waals surface area contributed by atoms with Gasteiger partial charge < -0.3 is 0 Å². The Labute approximate surface area is 168 Å². The van der Waals surface area contributed by atoms with E-state index in [9.17, 15) is 0 Å². The van der Waals surface area contributed by atoms with Crippen LogP contribution in [0.3, 0.4) is 0 Å². The largest absolute Gasteiger partial charge is 0.235 e. The van der Waals surface area contributed by atoms with Gasteiger partial charge in [0.1, 0.15) is 15.9 Å². The summed E-state index contributed by atoms with van der Waals surface area (Å²) in [6.07, 6.45) is 0. The second-order valence-corrected chi connectivity index (χ2v) is 10.00. The van der Waals surface area contributed by atoms with Crippen LogP contribution in [-0.4, -0.2) is 6.54 Å². The van der Waals surface area contributed by atoms with E-state index in [0.29, 0.717) is 0 Å². The molecule has 0 atom stereocenters. The lowest BCUT2D eigenvalue weighted by Crippen LogP contribution is -2.43. The third kappa shape index (κ3) is 3.23. The Morgan fingerprint density at radius 2 is 0.821 bits per heavy atom. The first-order valence-electron chi connectivity index (χ1n) is 9.76. The first kappa shape index (κ1) is 18.5. The lowest BCUT2D eigenvalue weighted by molar-refractivity contribution is 1.10. The molecule has 0 radical (unpaired) electrons. The fourth-order valence-electron chi connectivity index (χ4n) is 3.96. The van der Waals surface area contributed by atoms with Gasteiger partial charge in [0, 0.05) is 0 Å². The van der Waals surface area contributed by atoms with Crippen molar-refractivity contribution in [2.24, 2.45) is 0 Å². The smallest absolute Gasteiger partial charge is 0.202 e. The molecule has 0 bridgehead atoms. The van der Waals surface area contributed by atoms with Crippen LogP contribution >= 0.6 is 7.41 Å². The summed E-state index contributed by atoms with van der Waals surface area (Å²) in [5.74, 6) is 0. The molecular weight excluding hydrogens is 357 g/mol. The topological polar surface area (TPSA) is 3.24 Å². The van der Waals surface area contributed by atoms with Crippen molar-refractivity contribution >= 4 is 29.0 Å². The zero-order valence-electron chi connectivity index (χ0n) is 16.1. The molecule has 0 saturated heterocycles. The van der Waals surface area contributed by atoms with Gasteiger partial charge in [-0.1, -0.05) is 72.8 Å². The number of nitrogens with zero attached hydrogens (tertiary/aromatic N) is 1. The molecule has 4 aromatic carbocycles. The number of rotatable bonds is 6. The van der Waals surface area contributed by atoms with E-state index in [1.54, 1.807) is 0 Å². The molecule has 0 spiro atoms. The average Bonchev–Trinajstić information content (AvgIpc) is 2.80. The lowest BCUT2D eigenvalue weighted by Gasteiger charge is -2.37. The Morgan fingerprint density at radius 1 is 0.500 bits per heavy atom. The van der Waals surface area contributed by atoms with Gasteiger partial charge in [-0.05, 0) is 55.5 Å². The lowest BCUT2D eigenvalue weighted by atomic mass is 10.3. The van der Waals surface area contributed by atoms with Gasteiger partial charge in [0.2, 0.25) is 7.41 Å². The van der Waals surface area contributed by atoms with E-state index in [4.69, 9.17) is 0 Å². The second kappa shape index (κ2) is 8.42. The van der Waals surface area contributed by atoms with Gasteiger partial charge in [-0.2, -0.15) is 0 Å². The van der Waals surface area contributed by atoms with E-state index in [1.807, 2.05) is 0 Å². The first-order chi connectivity index (χ1) is 13.9. The monoisotopic (exact) mass is 382 g/mol. The summed E-state index contributed by atoms with van der Waals surface area (Å²) in [5.41, 5.74) is 1.26. The summed E-state index contributed by atoms with van der Waals surface area (Å²) < 4.78 is 2.62. The molecule has 0 amide bonds. The standard InChI is InChI=1S/C26H25NP/c1-2-27(23-15-7-3-8-16-23)28(24-17-9-4-10-18-24,25-19-11-5-12-20-25)26-21-13-6-14-22-26/h3-22H,2H2,1H3/q+1. The molecular formula is C26H25NP+. The normalized spacial score (nSPS) is 11.2. The molecule has 0 aromatic heterocycles. The van der Waals surface area contributed by atoms with E-state index in [2.05, 4.69) is 133 Å². The molecule has 4 aromatic rings. The summed E-state index contributed by atoms with van der Waals surface area (Å²) in [6.45, 7) is 3.19. The molecule has 0 fully saturated rings. The molecule has 0 aliphatic rings. The van der Waals surface area contributed by atoms with Gasteiger partial charge >= 0.3 is 0 Å². The summed E-state index contributed by atoms with van der Waals surface area (Å²) in [5, 5.41) is 4.12. The minimum Gasteiger partial charge on any atom is -0.235 e. The van der Waals surface area contributed by atoms with Gasteiger partial charge in [0.25, 0.3) is 0 Å². The van der Waals surface area contributed by atoms with Crippen molar-refractivity contribution in [2.45, 2.75) is 6.92 Å². The van der Waals surface area contributed by atoms with Gasteiger partial charge in [0.15, 0.2) is 0 Å². The minimum absolute atomic E-state index is 0.927. The van der Waals surface area contributed by atoms with E-state index in [0.717, 1.165) is 6.54 Å². The van der Waals surface area contributed by atoms with Crippen LogP contribution in [0.25, 0.3) is 0 Å². The van der Waals surface area contributed by atoms with Gasteiger partial charge in [0.05, 0.1) is 12.2 Å². The maximum atomic E-state index is 2.62. The minimum atomic E-state index is -2.05. The highest BCUT2D eigenvalue weighted by Gasteiger charge is 2.51. The fourth-order valence-corrected chi connectivity index (χ4v) is 8.41. The van der Waals surface area contributed by atoms with Crippen molar-refractivity contribution in [3.05, 3.63) is 121 Å². The van der Waals surface area contributed by atoms with Crippen molar-refractivity contribution < 1.29 is 0 Å². The second-order valence-electron chi connectivity index (χ2n) is 6.69. The van der Waals surface area contributed by atoms with Crippen LogP contribution in [0.4, 0.5) is 5.69 Å². The Balaban J connectivity index is 2.10. The third-order valence-electron chi connectivity index (χ3n) is 5.11. The van der Waals surface area contributed by atoms with Crippen LogP contribution in [0.2, 0.25) is 0 Å². The predicted molar refractivity (Wildman–Crippen MR) is 125 cm³/mol. The molecule has 0 N–H and O–H groups in total. The molecule has 0 aliphatic heterocycles. The quantitative estimate of drug-likeness (QED) is 0.402. The van der Waals surface area contributed by atoms with Crippen molar-refractivity contribution in [1.29, 1.82) is 0 Å². The third-order valence-corrected chi connectivity index (χ3v) is 9.48. The Morgan fingerprint density at radius 3 is 1.14 bits per heavy atom. The van der Waals surface area contributed by atoms with Crippen molar-refractivity contribution in [2.75, 3.05) is 11.2 Å². The summed E-state index contributed by atoms with van der Waals surface area (Å²) in [6, 6.07) is 43.8. The highest BCUT2D eigenvalue weighted by Crippen LogP contribution is 2.59. The zero-order valence-corrected chi connectivity index (χ0v) is 17.0. The van der Waals surface area contributed by atoms with E-state index in [1.165, 1.54) is 21.6 Å². The molecule has 0 saturated carbocycles. The van der Waals surface area contributed by atoms with Crippen molar-refractivity contribution in [3.8, 4) is 0 Å². The molecule has 0 heterocycles. The fraction of sp³-hybridized carbons (Fsp3) is 0.0769. The Kier molecular flexibility index (Phi) is 5.55. The van der Waals surface area contributed by atoms with Crippen LogP contribution in [0.5, 0.6) is 0 Å². The maximum absolute atomic E-state index is 2.62. The summed E-state index contributed by atoms with van der Waals surface area (Å²) in [7, 11) is -2.05. The number of hydrogen-bond acceptors (Lipinski definition) is 1. The van der Waals surface area contributed by atoms with Crippen LogP contribution < -0.4 is 20.6 Å². The molecule has 0 unspecified atom stereocenters. The van der Waals surface area contributed by atoms with E-state index >= 15 is 0 Å². The van der Waals surface area contributed by atoms with Crippen LogP contribution in [0.15, 0.2) is 121 Å². The van der Waals surface area contributed by atoms with Crippen molar-refractivity contribution in [3.63, 3.8) is 0 Å². The van der Waals surface area contributed by atoms with Crippen molar-refractivity contribution in [1.82, 2.24) is 0 Å². The SMILES string of the molecule is CCN(c1ccccc1)[P+](c1ccccc1)(c1ccccc1)c1ccccc1. The number of benzene rings is 4. The summed E-state index contributed by atoms with van der Waals surface area (Å²) in [4.78, 5) is 0. The molecule has 1 nitrogen and oxygen atoms in total. The maximum Gasteiger partial charge on any atom is 0.202 e. The van der Waals surface area contributed by atoms with Crippen LogP contribution in [0, 0.1) is 0 Å². The predicted octanol–water partition coefficient (Wildman–Crippen LogP) is 5.42. The Bertz CT molecular complexity index is 889. The van der Waals surface area contributed by atoms with E-state index < -0.39 is 7.41 Å². The zero-order chi connectivity index (χ0) is 19.2. The molecule has 4 rings (SSSR count). The van der Waals surface area contributed by atoms with Gasteiger partial charge in [-0.3, -0.25) is 0 Å². The number of hydrogen-bond donors (Lipinski definition) is 0.